The molecule has 1 rings (SSSR count). The predicted octanol–water partition coefficient (Wildman–Crippen LogP) is 1.87. The van der Waals surface area contributed by atoms with Crippen molar-refractivity contribution >= 4 is 12.0 Å². The average Bonchev–Trinajstić information content (AvgIpc) is 2.44. The van der Waals surface area contributed by atoms with Crippen LogP contribution in [0.4, 0.5) is 4.79 Å². The summed E-state index contributed by atoms with van der Waals surface area (Å²) in [5, 5.41) is 11.5. The Hall–Kier alpha value is -1.56. The van der Waals surface area contributed by atoms with Crippen molar-refractivity contribution in [3.63, 3.8) is 0 Å². The third-order valence-electron chi connectivity index (χ3n) is 3.44. The van der Waals surface area contributed by atoms with Crippen molar-refractivity contribution in [2.45, 2.75) is 32.6 Å². The van der Waals surface area contributed by atoms with Crippen LogP contribution in [0.5, 0.6) is 0 Å². The number of nitrogens with one attached hydrogen (secondary N) is 1. The van der Waals surface area contributed by atoms with Crippen molar-refractivity contribution in [1.82, 2.24) is 10.2 Å². The predicted molar refractivity (Wildman–Crippen MR) is 80.2 cm³/mol. The number of carbonyl (C=O) groups is 2. The quantitative estimate of drug-likeness (QED) is 0.529. The second kappa shape index (κ2) is 9.39. The third kappa shape index (κ3) is 7.70. The van der Waals surface area contributed by atoms with Gasteiger partial charge >= 0.3 is 12.0 Å². The molecule has 0 aromatic carbocycles. The van der Waals surface area contributed by atoms with E-state index in [0.717, 1.165) is 25.0 Å². The number of carbonyl (C=O) groups excluding carboxylic acids is 1. The molecule has 1 atom stereocenters. The number of aliphatic carboxylic acids is 1. The highest BCUT2D eigenvalue weighted by molar-refractivity contribution is 5.74. The third-order valence-corrected chi connectivity index (χ3v) is 3.44. The lowest BCUT2D eigenvalue weighted by Gasteiger charge is -2.32. The Bertz CT molecular complexity index is 371. The van der Waals surface area contributed by atoms with E-state index in [0.29, 0.717) is 38.6 Å². The van der Waals surface area contributed by atoms with E-state index in [9.17, 15) is 9.59 Å². The van der Waals surface area contributed by atoms with Crippen molar-refractivity contribution in [1.29, 1.82) is 0 Å². The normalized spacial score (nSPS) is 18.3. The van der Waals surface area contributed by atoms with Gasteiger partial charge in [-0.05, 0) is 32.1 Å². The molecule has 2 N–H and O–H groups in total. The van der Waals surface area contributed by atoms with Gasteiger partial charge in [0.15, 0.2) is 0 Å². The SMILES string of the molecule is C=C(C)COCCNC(=O)N1CCCC(CCC(=O)O)C1. The standard InChI is InChI=1S/C15H26N2O4/c1-12(2)11-21-9-7-16-15(20)17-8-3-4-13(10-17)5-6-14(18)19/h13H,1,3-11H2,2H3,(H,16,20)(H,18,19). The summed E-state index contributed by atoms with van der Waals surface area (Å²) in [5.41, 5.74) is 0.957. The summed E-state index contributed by atoms with van der Waals surface area (Å²) >= 11 is 0. The van der Waals surface area contributed by atoms with E-state index in [-0.39, 0.29) is 12.5 Å². The molecule has 0 radical (unpaired) electrons. The van der Waals surface area contributed by atoms with Gasteiger partial charge in [0, 0.05) is 26.1 Å². The number of amides is 2. The Morgan fingerprint density at radius 1 is 1.48 bits per heavy atom. The first-order valence-corrected chi connectivity index (χ1v) is 7.45. The lowest BCUT2D eigenvalue weighted by molar-refractivity contribution is -0.137. The molecule has 0 aromatic rings. The van der Waals surface area contributed by atoms with Gasteiger partial charge in [0.05, 0.1) is 13.2 Å². The van der Waals surface area contributed by atoms with Gasteiger partial charge < -0.3 is 20.1 Å². The highest BCUT2D eigenvalue weighted by Gasteiger charge is 2.23. The van der Waals surface area contributed by atoms with Crippen LogP contribution in [-0.4, -0.2) is 54.9 Å². The maximum absolute atomic E-state index is 12.0. The van der Waals surface area contributed by atoms with Gasteiger partial charge in [-0.15, -0.1) is 0 Å². The van der Waals surface area contributed by atoms with Gasteiger partial charge in [-0.3, -0.25) is 4.79 Å². The topological polar surface area (TPSA) is 78.9 Å². The summed E-state index contributed by atoms with van der Waals surface area (Å²) < 4.78 is 5.32. The van der Waals surface area contributed by atoms with E-state index in [1.807, 2.05) is 6.92 Å². The van der Waals surface area contributed by atoms with Gasteiger partial charge in [0.2, 0.25) is 0 Å². The molecule has 0 saturated carbocycles. The summed E-state index contributed by atoms with van der Waals surface area (Å²) in [7, 11) is 0. The number of rotatable bonds is 8. The Labute approximate surface area is 126 Å². The second-order valence-electron chi connectivity index (χ2n) is 5.63. The molecule has 1 unspecified atom stereocenters. The Kier molecular flexibility index (Phi) is 7.82. The summed E-state index contributed by atoms with van der Waals surface area (Å²) in [6.07, 6.45) is 2.75. The van der Waals surface area contributed by atoms with E-state index in [2.05, 4.69) is 11.9 Å². The molecule has 0 bridgehead atoms. The lowest BCUT2D eigenvalue weighted by atomic mass is 9.93. The summed E-state index contributed by atoms with van der Waals surface area (Å²) in [6.45, 7) is 8.46. The van der Waals surface area contributed by atoms with Crippen LogP contribution in [0.15, 0.2) is 12.2 Å². The first-order chi connectivity index (χ1) is 9.99. The number of piperidine rings is 1. The minimum Gasteiger partial charge on any atom is -0.481 e. The summed E-state index contributed by atoms with van der Waals surface area (Å²) in [6, 6.07) is -0.0889. The fourth-order valence-corrected chi connectivity index (χ4v) is 2.40. The van der Waals surface area contributed by atoms with Crippen molar-refractivity contribution in [2.75, 3.05) is 32.8 Å². The zero-order chi connectivity index (χ0) is 15.7. The van der Waals surface area contributed by atoms with Gasteiger partial charge in [0.1, 0.15) is 0 Å². The van der Waals surface area contributed by atoms with Crippen LogP contribution in [0.25, 0.3) is 0 Å². The molecule has 120 valence electrons. The van der Waals surface area contributed by atoms with Gasteiger partial charge in [-0.1, -0.05) is 12.2 Å². The number of carboxylic acid groups (broad SMARTS) is 1. The minimum absolute atomic E-state index is 0.0889. The van der Waals surface area contributed by atoms with Crippen molar-refractivity contribution in [3.8, 4) is 0 Å². The molecule has 1 fully saturated rings. The maximum Gasteiger partial charge on any atom is 0.317 e. The lowest BCUT2D eigenvalue weighted by Crippen LogP contribution is -2.46. The first-order valence-electron chi connectivity index (χ1n) is 7.45. The van der Waals surface area contributed by atoms with Gasteiger partial charge in [-0.2, -0.15) is 0 Å². The smallest absolute Gasteiger partial charge is 0.317 e. The number of likely N-dealkylation sites (tertiary alicyclic amines) is 1. The Morgan fingerprint density at radius 2 is 2.24 bits per heavy atom. The monoisotopic (exact) mass is 298 g/mol. The molecule has 6 nitrogen and oxygen atoms in total. The molecule has 0 spiro atoms. The van der Waals surface area contributed by atoms with Gasteiger partial charge in [-0.25, -0.2) is 4.79 Å². The zero-order valence-corrected chi connectivity index (χ0v) is 12.8. The number of ether oxygens (including phenoxy) is 1. The second-order valence-corrected chi connectivity index (χ2v) is 5.63. The molecular weight excluding hydrogens is 272 g/mol. The Balaban J connectivity index is 2.20. The maximum atomic E-state index is 12.0. The van der Waals surface area contributed by atoms with Crippen molar-refractivity contribution in [2.24, 2.45) is 5.92 Å². The van der Waals surface area contributed by atoms with Crippen LogP contribution in [-0.2, 0) is 9.53 Å². The molecule has 1 aliphatic rings. The molecule has 2 amide bonds. The molecule has 6 heteroatoms. The van der Waals surface area contributed by atoms with E-state index >= 15 is 0 Å². The fraction of sp³-hybridized carbons (Fsp3) is 0.733. The zero-order valence-electron chi connectivity index (χ0n) is 12.8. The molecular formula is C15H26N2O4. The van der Waals surface area contributed by atoms with E-state index in [1.54, 1.807) is 4.90 Å². The van der Waals surface area contributed by atoms with Crippen molar-refractivity contribution < 1.29 is 19.4 Å². The molecule has 0 aromatic heterocycles. The number of hydrogen-bond acceptors (Lipinski definition) is 3. The molecule has 1 aliphatic heterocycles. The van der Waals surface area contributed by atoms with Crippen LogP contribution in [0.1, 0.15) is 32.6 Å². The Morgan fingerprint density at radius 3 is 2.90 bits per heavy atom. The average molecular weight is 298 g/mol. The van der Waals surface area contributed by atoms with E-state index < -0.39 is 5.97 Å². The van der Waals surface area contributed by atoms with Crippen LogP contribution < -0.4 is 5.32 Å². The van der Waals surface area contributed by atoms with Crippen LogP contribution >= 0.6 is 0 Å². The van der Waals surface area contributed by atoms with E-state index in [4.69, 9.17) is 9.84 Å². The highest BCUT2D eigenvalue weighted by Crippen LogP contribution is 2.20. The molecule has 21 heavy (non-hydrogen) atoms. The summed E-state index contributed by atoms with van der Waals surface area (Å²) in [4.78, 5) is 24.4. The highest BCUT2D eigenvalue weighted by atomic mass is 16.5. The number of urea groups is 1. The number of carboxylic acids is 1. The largest absolute Gasteiger partial charge is 0.481 e. The minimum atomic E-state index is -0.772. The van der Waals surface area contributed by atoms with Crippen LogP contribution in [0, 0.1) is 5.92 Å². The van der Waals surface area contributed by atoms with Crippen LogP contribution in [0.2, 0.25) is 0 Å². The molecule has 1 heterocycles. The van der Waals surface area contributed by atoms with Crippen molar-refractivity contribution in [3.05, 3.63) is 12.2 Å². The van der Waals surface area contributed by atoms with E-state index in [1.165, 1.54) is 0 Å². The fourth-order valence-electron chi connectivity index (χ4n) is 2.40. The van der Waals surface area contributed by atoms with Gasteiger partial charge in [0.25, 0.3) is 0 Å². The first kappa shape index (κ1) is 17.5. The molecule has 0 aliphatic carbocycles. The summed E-state index contributed by atoms with van der Waals surface area (Å²) in [5.74, 6) is -0.480. The molecule has 1 saturated heterocycles. The van der Waals surface area contributed by atoms with Crippen LogP contribution in [0.3, 0.4) is 0 Å². The number of nitrogens with zero attached hydrogens (tertiary/aromatic N) is 1. The number of hydrogen-bond donors (Lipinski definition) is 2.